The summed E-state index contributed by atoms with van der Waals surface area (Å²) in [5, 5.41) is 0. The van der Waals surface area contributed by atoms with Crippen molar-refractivity contribution >= 4 is 0 Å². The summed E-state index contributed by atoms with van der Waals surface area (Å²) < 4.78 is 0. The van der Waals surface area contributed by atoms with Gasteiger partial charge in [-0.2, -0.15) is 0 Å². The fourth-order valence-electron chi connectivity index (χ4n) is 10.3. The third kappa shape index (κ3) is 7.00. The van der Waals surface area contributed by atoms with Gasteiger partial charge in [-0.05, 0) is 79.9 Å². The van der Waals surface area contributed by atoms with E-state index < -0.39 is 0 Å². The number of hydrogen-bond donors (Lipinski definition) is 0. The fourth-order valence-corrected chi connectivity index (χ4v) is 10.3. The van der Waals surface area contributed by atoms with E-state index >= 15 is 0 Å². The lowest BCUT2D eigenvalue weighted by molar-refractivity contribution is 0.754. The van der Waals surface area contributed by atoms with E-state index in [0.717, 1.165) is 55.9 Å². The standard InChI is InChI=1S/C63H41N5/c1-5-16-40(17-6-1)41-28-30-42(31-29-41)46-24-15-25-47(36-46)56-39-57(65-60(64-56)43-18-7-2-8-19-43)48-32-34-52-54(37-48)58-50-26-13-14-27-51(50)59(52)55-38-49(33-35-53(55)58)63-67-61(44-20-9-3-10-21-44)66-62(68-63)45-22-11-4-12-23-45/h1-39,58-59H. The van der Waals surface area contributed by atoms with E-state index in [-0.39, 0.29) is 11.8 Å². The van der Waals surface area contributed by atoms with Crippen LogP contribution in [0.4, 0.5) is 0 Å². The maximum absolute atomic E-state index is 5.29. The molecule has 2 aromatic heterocycles. The van der Waals surface area contributed by atoms with Crippen molar-refractivity contribution < 1.29 is 0 Å². The van der Waals surface area contributed by atoms with Gasteiger partial charge < -0.3 is 0 Å². The Morgan fingerprint density at radius 3 is 1.03 bits per heavy atom. The van der Waals surface area contributed by atoms with Crippen molar-refractivity contribution in [2.75, 3.05) is 0 Å². The van der Waals surface area contributed by atoms with E-state index in [0.29, 0.717) is 23.3 Å². The number of nitrogens with zero attached hydrogens (tertiary/aromatic N) is 5. The third-order valence-corrected chi connectivity index (χ3v) is 13.5. The monoisotopic (exact) mass is 867 g/mol. The van der Waals surface area contributed by atoms with Gasteiger partial charge in [-0.25, -0.2) is 24.9 Å². The predicted molar refractivity (Wildman–Crippen MR) is 274 cm³/mol. The number of hydrogen-bond acceptors (Lipinski definition) is 5. The van der Waals surface area contributed by atoms with Crippen molar-refractivity contribution in [1.29, 1.82) is 0 Å². The van der Waals surface area contributed by atoms with Gasteiger partial charge in [0.25, 0.3) is 0 Å². The molecular formula is C63H41N5. The lowest BCUT2D eigenvalue weighted by Crippen LogP contribution is -2.27. The van der Waals surface area contributed by atoms with Crippen LogP contribution in [0, 0.1) is 0 Å². The second-order valence-corrected chi connectivity index (χ2v) is 17.6. The molecule has 0 spiro atoms. The molecule has 0 fully saturated rings. The predicted octanol–water partition coefficient (Wildman–Crippen LogP) is 15.0. The van der Waals surface area contributed by atoms with Crippen LogP contribution in [0.5, 0.6) is 0 Å². The molecule has 14 rings (SSSR count). The summed E-state index contributed by atoms with van der Waals surface area (Å²) in [4.78, 5) is 25.7. The van der Waals surface area contributed by atoms with Crippen LogP contribution in [0.15, 0.2) is 237 Å². The smallest absolute Gasteiger partial charge is 0.164 e. The van der Waals surface area contributed by atoms with Crippen LogP contribution in [0.25, 0.3) is 90.3 Å². The van der Waals surface area contributed by atoms with Crippen molar-refractivity contribution in [3.8, 4) is 90.3 Å². The van der Waals surface area contributed by atoms with E-state index in [4.69, 9.17) is 24.9 Å². The summed E-state index contributed by atoms with van der Waals surface area (Å²) in [6.45, 7) is 0. The summed E-state index contributed by atoms with van der Waals surface area (Å²) in [7, 11) is 0. The zero-order valence-electron chi connectivity index (χ0n) is 36.9. The molecular weight excluding hydrogens is 827 g/mol. The summed E-state index contributed by atoms with van der Waals surface area (Å²) in [6, 6.07) is 83.6. The van der Waals surface area contributed by atoms with E-state index in [1.54, 1.807) is 0 Å². The lowest BCUT2D eigenvalue weighted by Gasteiger charge is -2.42. The molecule has 3 aliphatic rings. The van der Waals surface area contributed by atoms with E-state index in [1.165, 1.54) is 44.5 Å². The Balaban J connectivity index is 0.901. The van der Waals surface area contributed by atoms with Crippen LogP contribution >= 0.6 is 0 Å². The number of aromatic nitrogens is 5. The molecule has 0 amide bonds. The molecule has 11 aromatic rings. The Kier molecular flexibility index (Phi) is 9.57. The minimum atomic E-state index is 0.0459. The highest BCUT2D eigenvalue weighted by atomic mass is 15.0. The molecule has 2 bridgehead atoms. The molecule has 5 heteroatoms. The summed E-state index contributed by atoms with van der Waals surface area (Å²) in [6.07, 6.45) is 0. The Labute approximate surface area is 395 Å². The Morgan fingerprint density at radius 2 is 0.515 bits per heavy atom. The van der Waals surface area contributed by atoms with E-state index in [9.17, 15) is 0 Å². The van der Waals surface area contributed by atoms with Gasteiger partial charge in [0, 0.05) is 45.2 Å². The highest BCUT2D eigenvalue weighted by Crippen LogP contribution is 2.56. The topological polar surface area (TPSA) is 64.5 Å². The zero-order valence-corrected chi connectivity index (χ0v) is 36.9. The average Bonchev–Trinajstić information content (AvgIpc) is 3.43. The lowest BCUT2D eigenvalue weighted by atomic mass is 9.60. The molecule has 0 aliphatic heterocycles. The minimum Gasteiger partial charge on any atom is -0.228 e. The summed E-state index contributed by atoms with van der Waals surface area (Å²) in [5.74, 6) is 2.76. The highest BCUT2D eigenvalue weighted by Gasteiger charge is 2.41. The first-order valence-electron chi connectivity index (χ1n) is 23.1. The first-order valence-corrected chi connectivity index (χ1v) is 23.1. The summed E-state index contributed by atoms with van der Waals surface area (Å²) >= 11 is 0. The quantitative estimate of drug-likeness (QED) is 0.152. The van der Waals surface area contributed by atoms with Gasteiger partial charge in [-0.3, -0.25) is 0 Å². The van der Waals surface area contributed by atoms with Gasteiger partial charge in [0.1, 0.15) is 0 Å². The van der Waals surface area contributed by atoms with Crippen LogP contribution in [-0.2, 0) is 0 Å². The minimum absolute atomic E-state index is 0.0459. The zero-order chi connectivity index (χ0) is 45.0. The van der Waals surface area contributed by atoms with Crippen molar-refractivity contribution in [3.05, 3.63) is 270 Å². The Bertz CT molecular complexity index is 3610. The van der Waals surface area contributed by atoms with Gasteiger partial charge in [0.2, 0.25) is 0 Å². The fraction of sp³-hybridized carbons (Fsp3) is 0.0317. The van der Waals surface area contributed by atoms with Crippen LogP contribution in [-0.4, -0.2) is 24.9 Å². The average molecular weight is 868 g/mol. The van der Waals surface area contributed by atoms with Crippen LogP contribution < -0.4 is 0 Å². The molecule has 9 aromatic carbocycles. The molecule has 0 saturated carbocycles. The largest absolute Gasteiger partial charge is 0.228 e. The SMILES string of the molecule is c1ccc(-c2ccc(-c3cccc(-c4cc(-c5ccc6c(c5)C5c7ccccc7C6c6cc(-c7nc(-c8ccccc8)nc(-c8ccccc8)n7)ccc65)nc(-c5ccccc5)n4)c3)cc2)cc1. The van der Waals surface area contributed by atoms with Gasteiger partial charge in [-0.15, -0.1) is 0 Å². The number of rotatable bonds is 8. The van der Waals surface area contributed by atoms with E-state index in [1.807, 2.05) is 54.6 Å². The molecule has 5 nitrogen and oxygen atoms in total. The molecule has 68 heavy (non-hydrogen) atoms. The van der Waals surface area contributed by atoms with Gasteiger partial charge in [0.15, 0.2) is 23.3 Å². The van der Waals surface area contributed by atoms with Crippen LogP contribution in [0.2, 0.25) is 0 Å². The van der Waals surface area contributed by atoms with Crippen molar-refractivity contribution in [2.24, 2.45) is 0 Å². The molecule has 0 radical (unpaired) electrons. The normalized spacial score (nSPS) is 14.2. The second-order valence-electron chi connectivity index (χ2n) is 17.6. The van der Waals surface area contributed by atoms with Crippen molar-refractivity contribution in [3.63, 3.8) is 0 Å². The van der Waals surface area contributed by atoms with E-state index in [2.05, 4.69) is 182 Å². The van der Waals surface area contributed by atoms with Gasteiger partial charge in [-0.1, -0.05) is 212 Å². The molecule has 2 atom stereocenters. The molecule has 0 N–H and O–H groups in total. The van der Waals surface area contributed by atoms with Crippen LogP contribution in [0.1, 0.15) is 45.2 Å². The molecule has 2 unspecified atom stereocenters. The van der Waals surface area contributed by atoms with Crippen LogP contribution in [0.3, 0.4) is 0 Å². The maximum Gasteiger partial charge on any atom is 0.164 e. The third-order valence-electron chi connectivity index (χ3n) is 13.5. The van der Waals surface area contributed by atoms with Gasteiger partial charge >= 0.3 is 0 Å². The van der Waals surface area contributed by atoms with Crippen molar-refractivity contribution in [1.82, 2.24) is 24.9 Å². The van der Waals surface area contributed by atoms with Crippen molar-refractivity contribution in [2.45, 2.75) is 11.8 Å². The number of benzene rings is 9. The first kappa shape index (κ1) is 39.4. The molecule has 3 aliphatic carbocycles. The first-order chi connectivity index (χ1) is 33.7. The summed E-state index contributed by atoms with van der Waals surface area (Å²) in [5.41, 5.74) is 20.3. The molecule has 0 saturated heterocycles. The second kappa shape index (κ2) is 16.5. The Hall–Kier alpha value is -8.93. The molecule has 318 valence electrons. The van der Waals surface area contributed by atoms with Gasteiger partial charge in [0.05, 0.1) is 11.4 Å². The Morgan fingerprint density at radius 1 is 0.191 bits per heavy atom. The highest BCUT2D eigenvalue weighted by molar-refractivity contribution is 5.79. The maximum atomic E-state index is 5.29. The molecule has 2 heterocycles.